The number of aromatic amines is 1. The second kappa shape index (κ2) is 7.17. The summed E-state index contributed by atoms with van der Waals surface area (Å²) in [5.41, 5.74) is 4.63. The van der Waals surface area contributed by atoms with Crippen molar-refractivity contribution in [3.05, 3.63) is 68.1 Å². The second-order valence-corrected chi connectivity index (χ2v) is 6.93. The van der Waals surface area contributed by atoms with Crippen LogP contribution < -0.4 is 5.56 Å². The van der Waals surface area contributed by atoms with Crippen molar-refractivity contribution >= 4 is 5.91 Å². The van der Waals surface area contributed by atoms with Crippen LogP contribution >= 0.6 is 0 Å². The van der Waals surface area contributed by atoms with Gasteiger partial charge in [0.05, 0.1) is 6.04 Å². The number of benzene rings is 1. The Labute approximate surface area is 153 Å². The fraction of sp³-hybridized carbons (Fsp3) is 0.381. The minimum atomic E-state index is -0.364. The van der Waals surface area contributed by atoms with Gasteiger partial charge in [0.15, 0.2) is 0 Å². The summed E-state index contributed by atoms with van der Waals surface area (Å²) in [6.07, 6.45) is 2.83. The molecule has 1 amide bonds. The van der Waals surface area contributed by atoms with Crippen LogP contribution in [0.2, 0.25) is 0 Å². The van der Waals surface area contributed by atoms with Gasteiger partial charge in [-0.1, -0.05) is 24.3 Å². The molecule has 0 aliphatic heterocycles. The van der Waals surface area contributed by atoms with Crippen molar-refractivity contribution in [3.8, 4) is 6.07 Å². The number of carbonyl (C=O) groups excluding carboxylic acids is 1. The van der Waals surface area contributed by atoms with Crippen molar-refractivity contribution in [3.63, 3.8) is 0 Å². The fourth-order valence-corrected chi connectivity index (χ4v) is 3.94. The number of nitrogens with one attached hydrogen (secondary N) is 1. The van der Waals surface area contributed by atoms with E-state index in [9.17, 15) is 14.9 Å². The number of rotatable bonds is 4. The van der Waals surface area contributed by atoms with Gasteiger partial charge in [-0.15, -0.1) is 0 Å². The first-order valence-electron chi connectivity index (χ1n) is 8.90. The molecule has 134 valence electrons. The van der Waals surface area contributed by atoms with Crippen LogP contribution in [-0.2, 0) is 17.6 Å². The number of fused-ring (bicyclic) bond motifs is 1. The fourth-order valence-electron chi connectivity index (χ4n) is 3.94. The zero-order chi connectivity index (χ0) is 18.8. The average molecular weight is 349 g/mol. The van der Waals surface area contributed by atoms with Crippen LogP contribution in [0.4, 0.5) is 0 Å². The van der Waals surface area contributed by atoms with Gasteiger partial charge in [0.2, 0.25) is 5.91 Å². The molecular formula is C21H23N3O2. The third-order valence-electron chi connectivity index (χ3n) is 5.47. The zero-order valence-corrected chi connectivity index (χ0v) is 15.4. The smallest absolute Gasteiger partial charge is 0.266 e. The highest BCUT2D eigenvalue weighted by Gasteiger charge is 2.28. The number of hydrogen-bond donors (Lipinski definition) is 1. The quantitative estimate of drug-likeness (QED) is 0.922. The van der Waals surface area contributed by atoms with Crippen LogP contribution in [0.15, 0.2) is 29.1 Å². The van der Waals surface area contributed by atoms with E-state index in [0.29, 0.717) is 18.4 Å². The van der Waals surface area contributed by atoms with E-state index >= 15 is 0 Å². The maximum absolute atomic E-state index is 12.7. The maximum Gasteiger partial charge on any atom is 0.266 e. The van der Waals surface area contributed by atoms with Gasteiger partial charge in [-0.25, -0.2) is 0 Å². The summed E-state index contributed by atoms with van der Waals surface area (Å²) >= 11 is 0. The summed E-state index contributed by atoms with van der Waals surface area (Å²) < 4.78 is 0. The SMILES string of the molecule is Cc1[nH]c(=O)c(C#N)c(C)c1CCC(=O)N(C)C1CCc2ccccc21. The molecule has 2 aromatic rings. The Bertz CT molecular complexity index is 953. The second-order valence-electron chi connectivity index (χ2n) is 6.93. The highest BCUT2D eigenvalue weighted by atomic mass is 16.2. The van der Waals surface area contributed by atoms with E-state index in [2.05, 4.69) is 17.1 Å². The van der Waals surface area contributed by atoms with Gasteiger partial charge < -0.3 is 9.88 Å². The van der Waals surface area contributed by atoms with E-state index in [1.807, 2.05) is 37.1 Å². The molecule has 1 aromatic heterocycles. The maximum atomic E-state index is 12.7. The molecule has 0 spiro atoms. The van der Waals surface area contributed by atoms with Gasteiger partial charge in [0.25, 0.3) is 5.56 Å². The highest BCUT2D eigenvalue weighted by Crippen LogP contribution is 2.35. The van der Waals surface area contributed by atoms with E-state index in [1.165, 1.54) is 11.1 Å². The highest BCUT2D eigenvalue weighted by molar-refractivity contribution is 5.77. The number of amides is 1. The number of pyridine rings is 1. The lowest BCUT2D eigenvalue weighted by Gasteiger charge is -2.26. The van der Waals surface area contributed by atoms with E-state index in [4.69, 9.17) is 0 Å². The molecule has 1 atom stereocenters. The Kier molecular flexibility index (Phi) is 4.94. The summed E-state index contributed by atoms with van der Waals surface area (Å²) in [7, 11) is 1.86. The lowest BCUT2D eigenvalue weighted by atomic mass is 9.98. The van der Waals surface area contributed by atoms with Crippen LogP contribution in [0, 0.1) is 25.2 Å². The molecule has 0 saturated heterocycles. The number of H-pyrrole nitrogens is 1. The third-order valence-corrected chi connectivity index (χ3v) is 5.47. The summed E-state index contributed by atoms with van der Waals surface area (Å²) in [6.45, 7) is 3.59. The molecule has 3 rings (SSSR count). The summed E-state index contributed by atoms with van der Waals surface area (Å²) in [5.74, 6) is 0.0789. The monoisotopic (exact) mass is 349 g/mol. The molecule has 1 aliphatic rings. The standard InChI is InChI=1S/C21H23N3O2/c1-13-16(14(2)23-21(26)18(13)12-22)9-11-20(25)24(3)19-10-8-15-6-4-5-7-17(15)19/h4-7,19H,8-11H2,1-3H3,(H,23,26). The van der Waals surface area contributed by atoms with Gasteiger partial charge in [-0.2, -0.15) is 5.26 Å². The van der Waals surface area contributed by atoms with Crippen molar-refractivity contribution in [1.29, 1.82) is 5.26 Å². The van der Waals surface area contributed by atoms with Crippen molar-refractivity contribution in [2.24, 2.45) is 0 Å². The molecule has 0 fully saturated rings. The molecule has 0 bridgehead atoms. The largest absolute Gasteiger partial charge is 0.339 e. The number of carbonyl (C=O) groups is 1. The molecule has 1 aromatic carbocycles. The lowest BCUT2D eigenvalue weighted by Crippen LogP contribution is -2.30. The number of aromatic nitrogens is 1. The zero-order valence-electron chi connectivity index (χ0n) is 15.4. The minimum Gasteiger partial charge on any atom is -0.339 e. The molecule has 5 nitrogen and oxygen atoms in total. The summed E-state index contributed by atoms with van der Waals surface area (Å²) in [6, 6.07) is 10.4. The van der Waals surface area contributed by atoms with Crippen LogP contribution in [0.3, 0.4) is 0 Å². The first-order valence-corrected chi connectivity index (χ1v) is 8.90. The number of nitrogens with zero attached hydrogens (tertiary/aromatic N) is 2. The Hall–Kier alpha value is -2.87. The van der Waals surface area contributed by atoms with Gasteiger partial charge >= 0.3 is 0 Å². The average Bonchev–Trinajstić information content (AvgIpc) is 3.04. The van der Waals surface area contributed by atoms with E-state index in [1.54, 1.807) is 6.92 Å². The van der Waals surface area contributed by atoms with E-state index in [0.717, 1.165) is 24.1 Å². The Morgan fingerprint density at radius 1 is 1.35 bits per heavy atom. The molecule has 1 unspecified atom stereocenters. The van der Waals surface area contributed by atoms with Crippen LogP contribution in [0.5, 0.6) is 0 Å². The Balaban J connectivity index is 1.74. The number of aryl methyl sites for hydroxylation is 2. The van der Waals surface area contributed by atoms with Crippen molar-refractivity contribution in [2.45, 2.75) is 45.6 Å². The molecular weight excluding hydrogens is 326 g/mol. The van der Waals surface area contributed by atoms with Crippen LogP contribution in [-0.4, -0.2) is 22.8 Å². The number of hydrogen-bond acceptors (Lipinski definition) is 3. The van der Waals surface area contributed by atoms with Gasteiger partial charge in [0.1, 0.15) is 11.6 Å². The van der Waals surface area contributed by atoms with Gasteiger partial charge in [-0.05, 0) is 55.4 Å². The molecule has 0 radical (unpaired) electrons. The Morgan fingerprint density at radius 3 is 2.81 bits per heavy atom. The topological polar surface area (TPSA) is 77.0 Å². The van der Waals surface area contributed by atoms with Crippen molar-refractivity contribution in [2.75, 3.05) is 7.05 Å². The predicted octanol–water partition coefficient (Wildman–Crippen LogP) is 2.94. The van der Waals surface area contributed by atoms with Gasteiger partial charge in [-0.3, -0.25) is 9.59 Å². The third kappa shape index (κ3) is 3.15. The van der Waals surface area contributed by atoms with Crippen molar-refractivity contribution in [1.82, 2.24) is 9.88 Å². The normalized spacial score (nSPS) is 15.4. The first-order chi connectivity index (χ1) is 12.4. The predicted molar refractivity (Wildman–Crippen MR) is 99.8 cm³/mol. The lowest BCUT2D eigenvalue weighted by molar-refractivity contribution is -0.132. The molecule has 1 aliphatic carbocycles. The summed E-state index contributed by atoms with van der Waals surface area (Å²) in [5, 5.41) is 9.17. The van der Waals surface area contributed by atoms with Gasteiger partial charge in [0, 0.05) is 19.2 Å². The Morgan fingerprint density at radius 2 is 2.08 bits per heavy atom. The molecule has 26 heavy (non-hydrogen) atoms. The number of nitriles is 1. The van der Waals surface area contributed by atoms with Crippen LogP contribution in [0.1, 0.15) is 52.4 Å². The molecule has 0 saturated carbocycles. The minimum absolute atomic E-state index is 0.0789. The molecule has 1 heterocycles. The van der Waals surface area contributed by atoms with E-state index in [-0.39, 0.29) is 23.1 Å². The van der Waals surface area contributed by atoms with Crippen molar-refractivity contribution < 1.29 is 4.79 Å². The first kappa shape index (κ1) is 17.9. The van der Waals surface area contributed by atoms with Crippen LogP contribution in [0.25, 0.3) is 0 Å². The molecule has 1 N–H and O–H groups in total. The van der Waals surface area contributed by atoms with E-state index < -0.39 is 0 Å². The summed E-state index contributed by atoms with van der Waals surface area (Å²) in [4.78, 5) is 29.1. The molecule has 5 heteroatoms.